The fourth-order valence-corrected chi connectivity index (χ4v) is 4.31. The minimum atomic E-state index is -0.210. The molecule has 6 heteroatoms. The Hall–Kier alpha value is -2.86. The normalized spacial score (nSPS) is 16.6. The quantitative estimate of drug-likeness (QED) is 0.670. The van der Waals surface area contributed by atoms with Crippen molar-refractivity contribution in [1.29, 1.82) is 0 Å². The minimum Gasteiger partial charge on any atom is -0.496 e. The van der Waals surface area contributed by atoms with Gasteiger partial charge >= 0.3 is 5.97 Å². The third-order valence-corrected chi connectivity index (χ3v) is 6.26. The summed E-state index contributed by atoms with van der Waals surface area (Å²) in [5, 5.41) is 0. The van der Waals surface area contributed by atoms with Crippen LogP contribution >= 0.6 is 0 Å². The largest absolute Gasteiger partial charge is 0.496 e. The molecule has 0 aliphatic carbocycles. The van der Waals surface area contributed by atoms with E-state index in [2.05, 4.69) is 11.0 Å². The monoisotopic (exact) mass is 422 g/mol. The zero-order valence-electron chi connectivity index (χ0n) is 18.4. The number of hydrogen-bond donors (Lipinski definition) is 0. The van der Waals surface area contributed by atoms with Gasteiger partial charge < -0.3 is 14.4 Å². The van der Waals surface area contributed by atoms with Crippen molar-refractivity contribution in [3.63, 3.8) is 0 Å². The molecule has 0 aromatic heterocycles. The molecule has 2 heterocycles. The molecular formula is C25H30N2O4. The van der Waals surface area contributed by atoms with E-state index in [0.29, 0.717) is 18.6 Å². The van der Waals surface area contributed by atoms with Gasteiger partial charge in [0.15, 0.2) is 0 Å². The molecule has 2 aromatic carbocycles. The molecule has 0 unspecified atom stereocenters. The van der Waals surface area contributed by atoms with Crippen LogP contribution in [-0.4, -0.2) is 68.1 Å². The molecule has 4 rings (SSSR count). The van der Waals surface area contributed by atoms with Crippen molar-refractivity contribution in [2.45, 2.75) is 26.2 Å². The highest BCUT2D eigenvalue weighted by molar-refractivity contribution is 5.92. The van der Waals surface area contributed by atoms with Crippen LogP contribution in [0.5, 0.6) is 5.75 Å². The molecule has 1 saturated heterocycles. The van der Waals surface area contributed by atoms with Crippen LogP contribution in [0.15, 0.2) is 36.4 Å². The summed E-state index contributed by atoms with van der Waals surface area (Å²) in [6.07, 6.45) is 2.15. The lowest BCUT2D eigenvalue weighted by Gasteiger charge is -2.35. The number of nitrogens with zero attached hydrogens (tertiary/aromatic N) is 2. The van der Waals surface area contributed by atoms with E-state index in [-0.39, 0.29) is 11.9 Å². The molecular weight excluding hydrogens is 392 g/mol. The summed E-state index contributed by atoms with van der Waals surface area (Å²) in [6.45, 7) is 6.74. The van der Waals surface area contributed by atoms with Gasteiger partial charge in [0.05, 0.1) is 25.7 Å². The molecule has 164 valence electrons. The molecule has 0 atom stereocenters. The standard InChI is InChI=1S/C25H30N2O4/c1-18-3-4-20(16-23(18)30-2)17-24(28)27-12-10-26(11-13-27)9-7-19-5-6-22-21(15-19)8-14-31-25(22)29/h3-6,15-16H,7-14,17H2,1-2H3. The van der Waals surface area contributed by atoms with Crippen LogP contribution in [-0.2, 0) is 28.8 Å². The fourth-order valence-electron chi connectivity index (χ4n) is 4.31. The van der Waals surface area contributed by atoms with Crippen LogP contribution in [0.3, 0.4) is 0 Å². The van der Waals surface area contributed by atoms with Crippen molar-refractivity contribution in [2.75, 3.05) is 46.4 Å². The van der Waals surface area contributed by atoms with Crippen molar-refractivity contribution in [3.05, 3.63) is 64.2 Å². The second-order valence-electron chi connectivity index (χ2n) is 8.33. The van der Waals surface area contributed by atoms with Gasteiger partial charge in [0, 0.05) is 39.1 Å². The number of piperazine rings is 1. The summed E-state index contributed by atoms with van der Waals surface area (Å²) in [7, 11) is 1.66. The van der Waals surface area contributed by atoms with Gasteiger partial charge in [0.1, 0.15) is 5.75 Å². The average molecular weight is 423 g/mol. The van der Waals surface area contributed by atoms with E-state index in [9.17, 15) is 9.59 Å². The zero-order chi connectivity index (χ0) is 21.8. The summed E-state index contributed by atoms with van der Waals surface area (Å²) in [4.78, 5) is 28.9. The van der Waals surface area contributed by atoms with E-state index in [0.717, 1.165) is 68.0 Å². The Morgan fingerprint density at radius 1 is 1.06 bits per heavy atom. The number of hydrogen-bond acceptors (Lipinski definition) is 5. The van der Waals surface area contributed by atoms with Crippen molar-refractivity contribution in [3.8, 4) is 5.75 Å². The van der Waals surface area contributed by atoms with E-state index in [1.807, 2.05) is 42.2 Å². The third kappa shape index (κ3) is 5.07. The van der Waals surface area contributed by atoms with Crippen LogP contribution in [0.1, 0.15) is 32.6 Å². The van der Waals surface area contributed by atoms with E-state index < -0.39 is 0 Å². The molecule has 1 amide bonds. The molecule has 0 bridgehead atoms. The molecule has 6 nitrogen and oxygen atoms in total. The number of methoxy groups -OCH3 is 1. The number of cyclic esters (lactones) is 1. The highest BCUT2D eigenvalue weighted by Gasteiger charge is 2.22. The van der Waals surface area contributed by atoms with Gasteiger partial charge in [-0.25, -0.2) is 4.79 Å². The Morgan fingerprint density at radius 2 is 1.84 bits per heavy atom. The van der Waals surface area contributed by atoms with Gasteiger partial charge in [-0.3, -0.25) is 9.69 Å². The van der Waals surface area contributed by atoms with E-state index in [1.54, 1.807) is 7.11 Å². The first-order valence-corrected chi connectivity index (χ1v) is 11.0. The smallest absolute Gasteiger partial charge is 0.338 e. The molecule has 2 aliphatic heterocycles. The Balaban J connectivity index is 1.25. The van der Waals surface area contributed by atoms with Crippen LogP contribution in [0, 0.1) is 6.92 Å². The van der Waals surface area contributed by atoms with Gasteiger partial charge in [0.2, 0.25) is 5.91 Å². The lowest BCUT2D eigenvalue weighted by atomic mass is 9.98. The number of esters is 1. The number of amides is 1. The van der Waals surface area contributed by atoms with Crippen molar-refractivity contribution in [1.82, 2.24) is 9.80 Å². The Bertz CT molecular complexity index is 964. The Labute approximate surface area is 183 Å². The summed E-state index contributed by atoms with van der Waals surface area (Å²) in [5.41, 5.74) is 5.11. The summed E-state index contributed by atoms with van der Waals surface area (Å²) < 4.78 is 10.5. The first kappa shape index (κ1) is 21.4. The zero-order valence-corrected chi connectivity index (χ0v) is 18.4. The Morgan fingerprint density at radius 3 is 2.61 bits per heavy atom. The first-order chi connectivity index (χ1) is 15.0. The highest BCUT2D eigenvalue weighted by Crippen LogP contribution is 2.21. The third-order valence-electron chi connectivity index (χ3n) is 6.26. The first-order valence-electron chi connectivity index (χ1n) is 11.0. The molecule has 0 spiro atoms. The van der Waals surface area contributed by atoms with E-state index in [4.69, 9.17) is 9.47 Å². The number of rotatable bonds is 6. The van der Waals surface area contributed by atoms with Crippen LogP contribution < -0.4 is 4.74 Å². The number of benzene rings is 2. The highest BCUT2D eigenvalue weighted by atomic mass is 16.5. The van der Waals surface area contributed by atoms with E-state index in [1.165, 1.54) is 5.56 Å². The molecule has 2 aliphatic rings. The minimum absolute atomic E-state index is 0.173. The van der Waals surface area contributed by atoms with Gasteiger partial charge in [-0.2, -0.15) is 0 Å². The predicted molar refractivity (Wildman–Crippen MR) is 119 cm³/mol. The number of carbonyl (C=O) groups excluding carboxylic acids is 2. The molecule has 31 heavy (non-hydrogen) atoms. The molecule has 0 N–H and O–H groups in total. The van der Waals surface area contributed by atoms with Crippen LogP contribution in [0.25, 0.3) is 0 Å². The van der Waals surface area contributed by atoms with Crippen LogP contribution in [0.4, 0.5) is 0 Å². The SMILES string of the molecule is COc1cc(CC(=O)N2CCN(CCc3ccc4c(c3)CCOC4=O)CC2)ccc1C. The maximum Gasteiger partial charge on any atom is 0.338 e. The predicted octanol–water partition coefficient (Wildman–Crippen LogP) is 2.65. The van der Waals surface area contributed by atoms with Gasteiger partial charge in [-0.05, 0) is 47.7 Å². The fraction of sp³-hybridized carbons (Fsp3) is 0.440. The number of aryl methyl sites for hydroxylation is 1. The van der Waals surface area contributed by atoms with Gasteiger partial charge in [0.25, 0.3) is 0 Å². The second kappa shape index (κ2) is 9.52. The topological polar surface area (TPSA) is 59.1 Å². The Kier molecular flexibility index (Phi) is 6.56. The summed E-state index contributed by atoms with van der Waals surface area (Å²) in [6, 6.07) is 12.0. The summed E-state index contributed by atoms with van der Waals surface area (Å²) >= 11 is 0. The van der Waals surface area contributed by atoms with Crippen molar-refractivity contribution in [2.24, 2.45) is 0 Å². The van der Waals surface area contributed by atoms with E-state index >= 15 is 0 Å². The molecule has 0 radical (unpaired) electrons. The maximum atomic E-state index is 12.7. The molecule has 2 aromatic rings. The summed E-state index contributed by atoms with van der Waals surface area (Å²) in [5.74, 6) is 0.791. The number of carbonyl (C=O) groups is 2. The molecule has 0 saturated carbocycles. The lowest BCUT2D eigenvalue weighted by Crippen LogP contribution is -2.49. The maximum absolute atomic E-state index is 12.7. The number of fused-ring (bicyclic) bond motifs is 1. The lowest BCUT2D eigenvalue weighted by molar-refractivity contribution is -0.132. The van der Waals surface area contributed by atoms with Gasteiger partial charge in [-0.15, -0.1) is 0 Å². The van der Waals surface area contributed by atoms with Crippen molar-refractivity contribution >= 4 is 11.9 Å². The van der Waals surface area contributed by atoms with Crippen LogP contribution in [0.2, 0.25) is 0 Å². The second-order valence-corrected chi connectivity index (χ2v) is 8.33. The van der Waals surface area contributed by atoms with Crippen molar-refractivity contribution < 1.29 is 19.1 Å². The average Bonchev–Trinajstić information content (AvgIpc) is 2.79. The molecule has 1 fully saturated rings. The van der Waals surface area contributed by atoms with Gasteiger partial charge in [-0.1, -0.05) is 24.3 Å². The number of ether oxygens (including phenoxy) is 2.